The minimum Gasteiger partial charge on any atom is 0 e. The average molecular weight is 135 g/mol. The average Bonchev–Trinajstić information content (AvgIpc) is 0. The molecule has 5 heteroatoms. The predicted molar refractivity (Wildman–Crippen MR) is 14.7 cm³/mol. The van der Waals surface area contributed by atoms with Crippen LogP contribution in [0, 0.1) is 0 Å². The Hall–Kier alpha value is 1.37. The van der Waals surface area contributed by atoms with Gasteiger partial charge in [-0.3, -0.25) is 14.1 Å². The van der Waals surface area contributed by atoms with E-state index in [0.717, 1.165) is 0 Å². The summed E-state index contributed by atoms with van der Waals surface area (Å²) in [5, 5.41) is 0. The molecule has 0 atom stereocenters. The van der Waals surface area contributed by atoms with Crippen molar-refractivity contribution < 1.29 is 32.7 Å². The molecule has 0 aromatic rings. The Bertz CT molecular complexity index is 6.85. The molecule has 5 heavy (non-hydrogen) atoms. The third kappa shape index (κ3) is 32.4. The first-order chi connectivity index (χ1) is 0. The van der Waals surface area contributed by atoms with Gasteiger partial charge in [0.25, 0.3) is 0 Å². The van der Waals surface area contributed by atoms with Gasteiger partial charge in [0.15, 0.2) is 0 Å². The first kappa shape index (κ1) is 97.5. The van der Waals surface area contributed by atoms with Crippen molar-refractivity contribution >= 4 is 29.6 Å². The largest absolute Gasteiger partial charge is 0 e. The summed E-state index contributed by atoms with van der Waals surface area (Å²) in [7, 11) is 0. The van der Waals surface area contributed by atoms with Crippen LogP contribution in [-0.2, 0) is 18.6 Å². The van der Waals surface area contributed by atoms with Crippen molar-refractivity contribution in [3.05, 3.63) is 0 Å². The summed E-state index contributed by atoms with van der Waals surface area (Å²) >= 11 is 0. The van der Waals surface area contributed by atoms with E-state index in [9.17, 15) is 0 Å². The summed E-state index contributed by atoms with van der Waals surface area (Å²) in [5.41, 5.74) is 0. The van der Waals surface area contributed by atoms with Crippen LogP contribution in [0.4, 0.5) is 14.1 Å². The summed E-state index contributed by atoms with van der Waals surface area (Å²) in [6.07, 6.45) is 0. The summed E-state index contributed by atoms with van der Waals surface area (Å²) in [5.74, 6) is 0. The molecule has 0 saturated heterocycles. The fraction of sp³-hybridized carbons (Fsp3) is 0. The van der Waals surface area contributed by atoms with Crippen molar-refractivity contribution in [2.45, 2.75) is 0 Å². The predicted octanol–water partition coefficient (Wildman–Crippen LogP) is -0.193. The van der Waals surface area contributed by atoms with Crippen LogP contribution in [0.15, 0.2) is 0 Å². The van der Waals surface area contributed by atoms with Crippen LogP contribution in [0.3, 0.4) is 0 Å². The van der Waals surface area contributed by atoms with Gasteiger partial charge in [-0.2, -0.15) is 0 Å². The van der Waals surface area contributed by atoms with Crippen molar-refractivity contribution in [2.24, 2.45) is 0 Å². The van der Waals surface area contributed by atoms with Crippen molar-refractivity contribution in [3.8, 4) is 0 Å². The minimum atomic E-state index is 0. The van der Waals surface area contributed by atoms with Gasteiger partial charge in [0.05, 0.1) is 0 Å². The van der Waals surface area contributed by atoms with Gasteiger partial charge in [-0.05, 0) is 0 Å². The Balaban J connectivity index is 0. The zero-order valence-corrected chi connectivity index (χ0v) is 3.07. The Morgan fingerprint density at radius 3 is 0.600 bits per heavy atom. The van der Waals surface area contributed by atoms with E-state index >= 15 is 0 Å². The third-order valence-electron chi connectivity index (χ3n) is 0. The molecule has 0 aromatic heterocycles. The molecule has 0 aliphatic rings. The van der Waals surface area contributed by atoms with Crippen molar-refractivity contribution in [3.63, 3.8) is 0 Å². The van der Waals surface area contributed by atoms with E-state index in [1.165, 1.54) is 0 Å². The van der Waals surface area contributed by atoms with Crippen LogP contribution in [0.2, 0.25) is 0 Å². The molecule has 0 unspecified atom stereocenters. The first-order valence-corrected chi connectivity index (χ1v) is 0. The van der Waals surface area contributed by atoms with Gasteiger partial charge in [-0.25, -0.2) is 0 Å². The number of hydrogen-bond donors (Lipinski definition) is 0. The molecule has 0 aromatic carbocycles. The molecular formula is H4F3NaV. The summed E-state index contributed by atoms with van der Waals surface area (Å²) < 4.78 is 0. The minimum absolute atomic E-state index is 0. The summed E-state index contributed by atoms with van der Waals surface area (Å²) in [6.45, 7) is 0. The van der Waals surface area contributed by atoms with Gasteiger partial charge in [-0.1, -0.05) is 0 Å². The zero-order chi connectivity index (χ0) is 0. The molecule has 0 bridgehead atoms. The molecule has 0 saturated carbocycles. The summed E-state index contributed by atoms with van der Waals surface area (Å²) in [6, 6.07) is 0. The Kier molecular flexibility index (Phi) is 1060. The smallest absolute Gasteiger partial charge is 0 e. The summed E-state index contributed by atoms with van der Waals surface area (Å²) in [4.78, 5) is 0. The molecule has 0 aliphatic carbocycles. The number of hydrogen-bond acceptors (Lipinski definition) is 0. The van der Waals surface area contributed by atoms with Gasteiger partial charge in [0, 0.05) is 18.6 Å². The van der Waals surface area contributed by atoms with Crippen LogP contribution in [0.25, 0.3) is 0 Å². The van der Waals surface area contributed by atoms with E-state index in [4.69, 9.17) is 0 Å². The van der Waals surface area contributed by atoms with E-state index in [0.29, 0.717) is 0 Å². The van der Waals surface area contributed by atoms with Gasteiger partial charge >= 0.3 is 29.6 Å². The van der Waals surface area contributed by atoms with Crippen molar-refractivity contribution in [2.75, 3.05) is 0 Å². The molecule has 0 rings (SSSR count). The van der Waals surface area contributed by atoms with Gasteiger partial charge in [0.1, 0.15) is 0 Å². The molecule has 1 radical (unpaired) electrons. The normalized spacial score (nSPS) is 0. The van der Waals surface area contributed by atoms with Crippen LogP contribution in [0.5, 0.6) is 0 Å². The fourth-order valence-corrected chi connectivity index (χ4v) is 0. The van der Waals surface area contributed by atoms with E-state index in [1.54, 1.807) is 0 Å². The van der Waals surface area contributed by atoms with E-state index in [1.807, 2.05) is 0 Å². The molecule has 0 aliphatic heterocycles. The number of halogens is 3. The fourth-order valence-electron chi connectivity index (χ4n) is 0. The van der Waals surface area contributed by atoms with Crippen molar-refractivity contribution in [1.29, 1.82) is 0 Å². The van der Waals surface area contributed by atoms with Gasteiger partial charge in [-0.15, -0.1) is 0 Å². The third-order valence-corrected chi connectivity index (χ3v) is 0. The number of rotatable bonds is 0. The molecule has 31 valence electrons. The first-order valence-electron chi connectivity index (χ1n) is 0. The van der Waals surface area contributed by atoms with Gasteiger partial charge in [0.2, 0.25) is 0 Å². The molecular weight excluding hydrogens is 131 g/mol. The van der Waals surface area contributed by atoms with Gasteiger partial charge < -0.3 is 0 Å². The molecule has 0 spiro atoms. The molecule has 0 N–H and O–H groups in total. The van der Waals surface area contributed by atoms with E-state index in [-0.39, 0.29) is 62.2 Å². The monoisotopic (exact) mass is 135 g/mol. The molecule has 0 amide bonds. The maximum Gasteiger partial charge on any atom is 0 e. The maximum absolute atomic E-state index is 0. The Morgan fingerprint density at radius 1 is 0.600 bits per heavy atom. The van der Waals surface area contributed by atoms with Crippen LogP contribution in [-0.4, -0.2) is 29.6 Å². The quantitative estimate of drug-likeness (QED) is 0.403. The van der Waals surface area contributed by atoms with Crippen molar-refractivity contribution in [1.82, 2.24) is 0 Å². The molecule has 0 heterocycles. The Labute approximate surface area is 62.0 Å². The van der Waals surface area contributed by atoms with Crippen LogP contribution < -0.4 is 0 Å². The Morgan fingerprint density at radius 2 is 0.600 bits per heavy atom. The second-order valence-electron chi connectivity index (χ2n) is 0. The maximum atomic E-state index is 0. The topological polar surface area (TPSA) is 0 Å². The molecule has 0 nitrogen and oxygen atoms in total. The van der Waals surface area contributed by atoms with E-state index in [2.05, 4.69) is 0 Å². The molecule has 0 fully saturated rings. The second-order valence-corrected chi connectivity index (χ2v) is 0. The van der Waals surface area contributed by atoms with Crippen LogP contribution in [0.1, 0.15) is 0 Å². The van der Waals surface area contributed by atoms with E-state index < -0.39 is 0 Å². The van der Waals surface area contributed by atoms with Crippen LogP contribution >= 0.6 is 0 Å². The second kappa shape index (κ2) is 54.4. The standard InChI is InChI=1S/3FH.Na.V.H/h3*1H;;;. The zero-order valence-electron chi connectivity index (χ0n) is 1.67. The SMILES string of the molecule is F.F.F.[NaH].[V].